The van der Waals surface area contributed by atoms with Crippen LogP contribution in [-0.2, 0) is 11.2 Å². The highest BCUT2D eigenvalue weighted by Crippen LogP contribution is 2.69. The van der Waals surface area contributed by atoms with Crippen LogP contribution in [0.15, 0.2) is 16.7 Å². The van der Waals surface area contributed by atoms with Crippen molar-refractivity contribution in [1.29, 1.82) is 0 Å². The molecule has 2 nitrogen and oxygen atoms in total. The predicted molar refractivity (Wildman–Crippen MR) is 80.0 cm³/mol. The van der Waals surface area contributed by atoms with Crippen molar-refractivity contribution in [2.75, 3.05) is 0 Å². The highest BCUT2D eigenvalue weighted by molar-refractivity contribution is 5.84. The predicted octanol–water partition coefficient (Wildman–Crippen LogP) is 4.49. The third-order valence-electron chi connectivity index (χ3n) is 7.75. The van der Waals surface area contributed by atoms with Crippen LogP contribution in [0.2, 0.25) is 0 Å². The Morgan fingerprint density at radius 2 is 2.14 bits per heavy atom. The molecule has 2 heteroatoms. The Kier molecular flexibility index (Phi) is 2.28. The summed E-state index contributed by atoms with van der Waals surface area (Å²) < 4.78 is 5.71. The number of hydrogen-bond donors (Lipinski definition) is 0. The molecular weight excluding hydrogens is 260 g/mol. The minimum absolute atomic E-state index is 0.368. The number of carbonyl (C=O) groups is 1. The van der Waals surface area contributed by atoms with Crippen molar-refractivity contribution in [3.05, 3.63) is 23.7 Å². The molecular formula is C19H24O2. The average molecular weight is 284 g/mol. The van der Waals surface area contributed by atoms with Crippen LogP contribution in [0, 0.1) is 22.7 Å². The van der Waals surface area contributed by atoms with E-state index in [1.807, 2.05) is 6.26 Å². The molecule has 1 aromatic rings. The van der Waals surface area contributed by atoms with Crippen LogP contribution in [0.4, 0.5) is 0 Å². The third kappa shape index (κ3) is 1.42. The molecule has 1 aromatic heterocycles. The zero-order valence-electron chi connectivity index (χ0n) is 12.9. The fourth-order valence-electron chi connectivity index (χ4n) is 6.88. The SMILES string of the molecule is C[C@@]12CCc3occc3[C@H]1CC[C@]13CC(=O)C(CC[C@H]12)C3. The van der Waals surface area contributed by atoms with E-state index in [1.165, 1.54) is 43.4 Å². The van der Waals surface area contributed by atoms with Gasteiger partial charge in [-0.1, -0.05) is 6.92 Å². The second-order valence-electron chi connectivity index (χ2n) is 8.43. The lowest BCUT2D eigenvalue weighted by Gasteiger charge is -2.59. The summed E-state index contributed by atoms with van der Waals surface area (Å²) in [6.45, 7) is 2.53. The van der Waals surface area contributed by atoms with Gasteiger partial charge in [0.1, 0.15) is 11.5 Å². The van der Waals surface area contributed by atoms with E-state index in [4.69, 9.17) is 4.42 Å². The van der Waals surface area contributed by atoms with Gasteiger partial charge in [0.2, 0.25) is 0 Å². The van der Waals surface area contributed by atoms with E-state index in [9.17, 15) is 4.79 Å². The summed E-state index contributed by atoms with van der Waals surface area (Å²) in [6.07, 6.45) is 11.3. The van der Waals surface area contributed by atoms with Gasteiger partial charge < -0.3 is 4.42 Å². The lowest BCUT2D eigenvalue weighted by molar-refractivity contribution is -0.121. The minimum atomic E-state index is 0.368. The molecule has 1 unspecified atom stereocenters. The zero-order chi connectivity index (χ0) is 14.2. The summed E-state index contributed by atoms with van der Waals surface area (Å²) in [5.41, 5.74) is 2.25. The van der Waals surface area contributed by atoms with E-state index < -0.39 is 0 Å². The Morgan fingerprint density at radius 1 is 1.24 bits per heavy atom. The van der Waals surface area contributed by atoms with E-state index in [2.05, 4.69) is 13.0 Å². The van der Waals surface area contributed by atoms with Crippen LogP contribution >= 0.6 is 0 Å². The summed E-state index contributed by atoms with van der Waals surface area (Å²) in [4.78, 5) is 12.3. The molecule has 0 amide bonds. The van der Waals surface area contributed by atoms with Crippen LogP contribution in [0.3, 0.4) is 0 Å². The van der Waals surface area contributed by atoms with Crippen LogP contribution in [0.1, 0.15) is 69.1 Å². The van der Waals surface area contributed by atoms with E-state index in [0.29, 0.717) is 28.4 Å². The number of carbonyl (C=O) groups excluding carboxylic acids is 1. The first-order valence-corrected chi connectivity index (χ1v) is 8.71. The maximum atomic E-state index is 12.3. The molecule has 1 spiro atoms. The van der Waals surface area contributed by atoms with Crippen molar-refractivity contribution in [1.82, 2.24) is 0 Å². The number of Topliss-reactive ketones (excluding diaryl/α,β-unsaturated/α-hetero) is 1. The molecule has 5 atom stereocenters. The molecule has 21 heavy (non-hydrogen) atoms. The Morgan fingerprint density at radius 3 is 3.05 bits per heavy atom. The van der Waals surface area contributed by atoms with Crippen LogP contribution in [0.25, 0.3) is 0 Å². The first kappa shape index (κ1) is 12.5. The third-order valence-corrected chi connectivity index (χ3v) is 7.75. The minimum Gasteiger partial charge on any atom is -0.469 e. The highest BCUT2D eigenvalue weighted by atomic mass is 16.3. The van der Waals surface area contributed by atoms with Crippen molar-refractivity contribution in [3.8, 4) is 0 Å². The van der Waals surface area contributed by atoms with E-state index in [1.54, 1.807) is 0 Å². The quantitative estimate of drug-likeness (QED) is 0.703. The standard InChI is InChI=1S/C19H24O2/c1-18-7-5-16-13(6-9-21-16)14(18)4-8-19-10-12(15(20)11-19)2-3-17(18)19/h6,9,12,14,17H,2-5,7-8,10-11H2,1H3/t12?,14-,17+,18-,19+/m1/s1. The van der Waals surface area contributed by atoms with Gasteiger partial charge in [0.05, 0.1) is 6.26 Å². The molecule has 3 saturated carbocycles. The maximum absolute atomic E-state index is 12.3. The molecule has 0 aliphatic heterocycles. The summed E-state index contributed by atoms with van der Waals surface area (Å²) >= 11 is 0. The Bertz CT molecular complexity index is 615. The molecule has 0 saturated heterocycles. The fraction of sp³-hybridized carbons (Fsp3) is 0.737. The second-order valence-corrected chi connectivity index (χ2v) is 8.43. The van der Waals surface area contributed by atoms with Crippen LogP contribution < -0.4 is 0 Å². The Balaban J connectivity index is 1.60. The van der Waals surface area contributed by atoms with Crippen molar-refractivity contribution < 1.29 is 9.21 Å². The van der Waals surface area contributed by atoms with Gasteiger partial charge in [0.15, 0.2) is 0 Å². The number of aryl methyl sites for hydroxylation is 1. The van der Waals surface area contributed by atoms with Gasteiger partial charge in [0.25, 0.3) is 0 Å². The summed E-state index contributed by atoms with van der Waals surface area (Å²) in [5, 5.41) is 0. The average Bonchev–Trinajstić information content (AvgIpc) is 3.02. The van der Waals surface area contributed by atoms with Crippen LogP contribution in [0.5, 0.6) is 0 Å². The summed E-state index contributed by atoms with van der Waals surface area (Å²) in [7, 11) is 0. The van der Waals surface area contributed by atoms with Gasteiger partial charge in [-0.15, -0.1) is 0 Å². The van der Waals surface area contributed by atoms with Crippen molar-refractivity contribution in [3.63, 3.8) is 0 Å². The highest BCUT2D eigenvalue weighted by Gasteiger charge is 2.62. The fourth-order valence-corrected chi connectivity index (χ4v) is 6.88. The molecule has 5 rings (SSSR count). The monoisotopic (exact) mass is 284 g/mol. The summed E-state index contributed by atoms with van der Waals surface area (Å²) in [5.74, 6) is 3.66. The molecule has 2 bridgehead atoms. The van der Waals surface area contributed by atoms with Gasteiger partial charge in [-0.2, -0.15) is 0 Å². The molecule has 0 aromatic carbocycles. The van der Waals surface area contributed by atoms with E-state index >= 15 is 0 Å². The zero-order valence-corrected chi connectivity index (χ0v) is 12.9. The van der Waals surface area contributed by atoms with Gasteiger partial charge in [-0.3, -0.25) is 4.79 Å². The van der Waals surface area contributed by atoms with Crippen molar-refractivity contribution in [2.24, 2.45) is 22.7 Å². The van der Waals surface area contributed by atoms with Gasteiger partial charge >= 0.3 is 0 Å². The Labute approximate surface area is 126 Å². The van der Waals surface area contributed by atoms with Gasteiger partial charge in [0, 0.05) is 18.8 Å². The number of fused-ring (bicyclic) bond motifs is 5. The summed E-state index contributed by atoms with van der Waals surface area (Å²) in [6, 6.07) is 2.22. The number of furan rings is 1. The first-order chi connectivity index (χ1) is 10.1. The van der Waals surface area contributed by atoms with Crippen LogP contribution in [-0.4, -0.2) is 5.78 Å². The molecule has 0 N–H and O–H groups in total. The number of rotatable bonds is 0. The number of ketones is 1. The molecule has 4 aliphatic carbocycles. The van der Waals surface area contributed by atoms with E-state index in [-0.39, 0.29) is 0 Å². The first-order valence-electron chi connectivity index (χ1n) is 8.71. The molecule has 112 valence electrons. The molecule has 3 fully saturated rings. The van der Waals surface area contributed by atoms with Crippen molar-refractivity contribution in [2.45, 2.75) is 64.2 Å². The lowest BCUT2D eigenvalue weighted by Crippen LogP contribution is -2.50. The van der Waals surface area contributed by atoms with Gasteiger partial charge in [-0.05, 0) is 72.8 Å². The number of hydrogen-bond acceptors (Lipinski definition) is 2. The smallest absolute Gasteiger partial charge is 0.136 e. The molecule has 0 radical (unpaired) electrons. The second kappa shape index (κ2) is 3.83. The molecule has 4 aliphatic rings. The lowest BCUT2D eigenvalue weighted by atomic mass is 9.45. The normalized spacial score (nSPS) is 47.7. The molecule has 1 heterocycles. The Hall–Kier alpha value is -1.05. The maximum Gasteiger partial charge on any atom is 0.136 e. The van der Waals surface area contributed by atoms with E-state index in [0.717, 1.165) is 25.2 Å². The van der Waals surface area contributed by atoms with Crippen molar-refractivity contribution >= 4 is 5.78 Å². The van der Waals surface area contributed by atoms with Gasteiger partial charge in [-0.25, -0.2) is 0 Å². The topological polar surface area (TPSA) is 30.2 Å². The largest absolute Gasteiger partial charge is 0.469 e.